The molecule has 1 aromatic heterocycles. The average Bonchev–Trinajstić information content (AvgIpc) is 2.39. The molecule has 0 unspecified atom stereocenters. The topological polar surface area (TPSA) is 66.9 Å². The van der Waals surface area contributed by atoms with Crippen molar-refractivity contribution in [3.63, 3.8) is 0 Å². The second kappa shape index (κ2) is 8.44. The molecule has 100 valence electrons. The number of carbonyl (C=O) groups is 1. The molecule has 5 nitrogen and oxygen atoms in total. The molecule has 0 aliphatic rings. The van der Waals surface area contributed by atoms with Crippen LogP contribution in [0.5, 0.6) is 0 Å². The van der Waals surface area contributed by atoms with Crippen LogP contribution in [0.25, 0.3) is 0 Å². The summed E-state index contributed by atoms with van der Waals surface area (Å²) in [5.41, 5.74) is 0.355. The lowest BCUT2D eigenvalue weighted by Gasteiger charge is -2.05. The molecule has 0 aliphatic carbocycles. The van der Waals surface area contributed by atoms with E-state index in [1.165, 1.54) is 19.3 Å². The summed E-state index contributed by atoms with van der Waals surface area (Å²) in [4.78, 5) is 11.5. The van der Waals surface area contributed by atoms with Gasteiger partial charge in [0, 0.05) is 13.1 Å². The molecule has 0 aromatic carbocycles. The molecular weight excluding hydrogens is 228 g/mol. The minimum Gasteiger partial charge on any atom is -0.369 e. The van der Waals surface area contributed by atoms with E-state index in [9.17, 15) is 4.79 Å². The van der Waals surface area contributed by atoms with Gasteiger partial charge in [0.2, 0.25) is 0 Å². The molecular formula is C13H22N4O. The summed E-state index contributed by atoms with van der Waals surface area (Å²) >= 11 is 0. The quantitative estimate of drug-likeness (QED) is 0.694. The summed E-state index contributed by atoms with van der Waals surface area (Å²) in [7, 11) is 0. The second-order valence-electron chi connectivity index (χ2n) is 4.15. The third-order valence-corrected chi connectivity index (χ3v) is 2.57. The fraction of sp³-hybridized carbons (Fsp3) is 0.615. The SMILES string of the molecule is CCCCCCNc1ccc(C(=O)NCC)nn1. The van der Waals surface area contributed by atoms with E-state index in [1.807, 2.05) is 6.92 Å². The van der Waals surface area contributed by atoms with Crippen LogP contribution in [0.1, 0.15) is 50.0 Å². The lowest BCUT2D eigenvalue weighted by molar-refractivity contribution is 0.0950. The van der Waals surface area contributed by atoms with Crippen molar-refractivity contribution >= 4 is 11.7 Å². The molecule has 1 heterocycles. The van der Waals surface area contributed by atoms with Crippen LogP contribution in [0, 0.1) is 0 Å². The number of nitrogens with zero attached hydrogens (tertiary/aromatic N) is 2. The number of hydrogen-bond acceptors (Lipinski definition) is 4. The Bertz CT molecular complexity index is 351. The Kier molecular flexibility index (Phi) is 6.76. The summed E-state index contributed by atoms with van der Waals surface area (Å²) in [5.74, 6) is 0.541. The van der Waals surface area contributed by atoms with Crippen LogP contribution in [0.3, 0.4) is 0 Å². The predicted octanol–water partition coefficient (Wildman–Crippen LogP) is 2.22. The minimum absolute atomic E-state index is 0.181. The van der Waals surface area contributed by atoms with E-state index in [0.29, 0.717) is 12.2 Å². The average molecular weight is 250 g/mol. The number of rotatable bonds is 8. The number of hydrogen-bond donors (Lipinski definition) is 2. The van der Waals surface area contributed by atoms with Crippen molar-refractivity contribution < 1.29 is 4.79 Å². The van der Waals surface area contributed by atoms with Gasteiger partial charge in [0.05, 0.1) is 0 Å². The number of unbranched alkanes of at least 4 members (excludes halogenated alkanes) is 3. The van der Waals surface area contributed by atoms with E-state index in [2.05, 4.69) is 27.8 Å². The van der Waals surface area contributed by atoms with Crippen LogP contribution < -0.4 is 10.6 Å². The van der Waals surface area contributed by atoms with Gasteiger partial charge in [0.15, 0.2) is 5.69 Å². The standard InChI is InChI=1S/C13H22N4O/c1-3-5-6-7-10-15-12-9-8-11(16-17-12)13(18)14-4-2/h8-9H,3-7,10H2,1-2H3,(H,14,18)(H,15,17). The van der Waals surface area contributed by atoms with Crippen molar-refractivity contribution in [3.05, 3.63) is 17.8 Å². The summed E-state index contributed by atoms with van der Waals surface area (Å²) in [6.45, 7) is 5.56. The van der Waals surface area contributed by atoms with Gasteiger partial charge in [-0.15, -0.1) is 10.2 Å². The minimum atomic E-state index is -0.181. The summed E-state index contributed by atoms with van der Waals surface area (Å²) in [5, 5.41) is 13.7. The maximum atomic E-state index is 11.5. The molecule has 5 heteroatoms. The van der Waals surface area contributed by atoms with Crippen LogP contribution in [-0.4, -0.2) is 29.2 Å². The van der Waals surface area contributed by atoms with Crippen molar-refractivity contribution in [3.8, 4) is 0 Å². The van der Waals surface area contributed by atoms with E-state index >= 15 is 0 Å². The Labute approximate surface area is 108 Å². The van der Waals surface area contributed by atoms with Crippen LogP contribution in [-0.2, 0) is 0 Å². The molecule has 0 aliphatic heterocycles. The van der Waals surface area contributed by atoms with E-state index in [0.717, 1.165) is 18.8 Å². The first-order valence-electron chi connectivity index (χ1n) is 6.63. The zero-order valence-electron chi connectivity index (χ0n) is 11.2. The van der Waals surface area contributed by atoms with Gasteiger partial charge in [-0.25, -0.2) is 0 Å². The van der Waals surface area contributed by atoms with E-state index < -0.39 is 0 Å². The maximum Gasteiger partial charge on any atom is 0.271 e. The van der Waals surface area contributed by atoms with E-state index in [4.69, 9.17) is 0 Å². The second-order valence-corrected chi connectivity index (χ2v) is 4.15. The Hall–Kier alpha value is -1.65. The van der Waals surface area contributed by atoms with Crippen molar-refractivity contribution in [2.45, 2.75) is 39.5 Å². The summed E-state index contributed by atoms with van der Waals surface area (Å²) in [6, 6.07) is 3.48. The van der Waals surface area contributed by atoms with E-state index in [1.54, 1.807) is 12.1 Å². The first-order valence-corrected chi connectivity index (χ1v) is 6.63. The van der Waals surface area contributed by atoms with Crippen LogP contribution in [0.2, 0.25) is 0 Å². The van der Waals surface area contributed by atoms with Gasteiger partial charge < -0.3 is 10.6 Å². The number of nitrogens with one attached hydrogen (secondary N) is 2. The monoisotopic (exact) mass is 250 g/mol. The molecule has 1 amide bonds. The fourth-order valence-corrected chi connectivity index (χ4v) is 1.57. The smallest absolute Gasteiger partial charge is 0.271 e. The van der Waals surface area contributed by atoms with Crippen molar-refractivity contribution in [1.29, 1.82) is 0 Å². The van der Waals surface area contributed by atoms with Gasteiger partial charge in [-0.1, -0.05) is 26.2 Å². The predicted molar refractivity (Wildman–Crippen MR) is 72.7 cm³/mol. The van der Waals surface area contributed by atoms with Crippen molar-refractivity contribution in [1.82, 2.24) is 15.5 Å². The highest BCUT2D eigenvalue weighted by Gasteiger charge is 2.05. The van der Waals surface area contributed by atoms with Gasteiger partial charge in [-0.05, 0) is 25.5 Å². The lowest BCUT2D eigenvalue weighted by Crippen LogP contribution is -2.24. The molecule has 0 bridgehead atoms. The normalized spacial score (nSPS) is 10.1. The Morgan fingerprint density at radius 1 is 1.17 bits per heavy atom. The van der Waals surface area contributed by atoms with Gasteiger partial charge in [0.25, 0.3) is 5.91 Å². The zero-order chi connectivity index (χ0) is 13.2. The molecule has 1 rings (SSSR count). The number of carbonyl (C=O) groups excluding carboxylic acids is 1. The fourth-order valence-electron chi connectivity index (χ4n) is 1.57. The highest BCUT2D eigenvalue weighted by molar-refractivity contribution is 5.92. The first-order chi connectivity index (χ1) is 8.77. The number of anilines is 1. The molecule has 0 radical (unpaired) electrons. The third-order valence-electron chi connectivity index (χ3n) is 2.57. The summed E-state index contributed by atoms with van der Waals surface area (Å²) in [6.07, 6.45) is 4.87. The molecule has 1 aromatic rings. The molecule has 18 heavy (non-hydrogen) atoms. The molecule has 0 atom stereocenters. The Balaban J connectivity index is 2.33. The molecule has 0 saturated heterocycles. The van der Waals surface area contributed by atoms with Crippen molar-refractivity contribution in [2.75, 3.05) is 18.4 Å². The lowest BCUT2D eigenvalue weighted by atomic mass is 10.2. The molecule has 0 spiro atoms. The molecule has 0 saturated carbocycles. The maximum absolute atomic E-state index is 11.5. The molecule has 2 N–H and O–H groups in total. The van der Waals surface area contributed by atoms with Gasteiger partial charge in [-0.3, -0.25) is 4.79 Å². The molecule has 0 fully saturated rings. The van der Waals surface area contributed by atoms with Crippen LogP contribution in [0.15, 0.2) is 12.1 Å². The highest BCUT2D eigenvalue weighted by atomic mass is 16.1. The van der Waals surface area contributed by atoms with E-state index in [-0.39, 0.29) is 5.91 Å². The Morgan fingerprint density at radius 2 is 2.00 bits per heavy atom. The zero-order valence-corrected chi connectivity index (χ0v) is 11.2. The number of aromatic nitrogens is 2. The van der Waals surface area contributed by atoms with Crippen molar-refractivity contribution in [2.24, 2.45) is 0 Å². The van der Waals surface area contributed by atoms with Gasteiger partial charge in [-0.2, -0.15) is 0 Å². The third kappa shape index (κ3) is 5.12. The number of amides is 1. The van der Waals surface area contributed by atoms with Gasteiger partial charge in [0.1, 0.15) is 5.82 Å². The largest absolute Gasteiger partial charge is 0.369 e. The van der Waals surface area contributed by atoms with Crippen LogP contribution >= 0.6 is 0 Å². The first kappa shape index (κ1) is 14.4. The van der Waals surface area contributed by atoms with Gasteiger partial charge >= 0.3 is 0 Å². The summed E-state index contributed by atoms with van der Waals surface area (Å²) < 4.78 is 0. The van der Waals surface area contributed by atoms with Crippen LogP contribution in [0.4, 0.5) is 5.82 Å². The highest BCUT2D eigenvalue weighted by Crippen LogP contribution is 2.04. The Morgan fingerprint density at radius 3 is 2.61 bits per heavy atom.